The van der Waals surface area contributed by atoms with Crippen LogP contribution in [0.2, 0.25) is 0 Å². The zero-order chi connectivity index (χ0) is 20.0. The van der Waals surface area contributed by atoms with Gasteiger partial charge in [0.25, 0.3) is 0 Å². The van der Waals surface area contributed by atoms with Crippen molar-refractivity contribution < 1.29 is 13.2 Å². The number of nitrogens with two attached hydrogens (primary N) is 1. The van der Waals surface area contributed by atoms with E-state index in [2.05, 4.69) is 5.32 Å². The number of nitrogens with zero attached hydrogens (tertiary/aromatic N) is 1. The average molecular weight is 390 g/mol. The third-order valence-corrected chi connectivity index (χ3v) is 6.51. The van der Waals surface area contributed by atoms with Crippen molar-refractivity contribution in [3.63, 3.8) is 0 Å². The van der Waals surface area contributed by atoms with Crippen LogP contribution in [0.3, 0.4) is 0 Å². The van der Waals surface area contributed by atoms with Gasteiger partial charge >= 0.3 is 0 Å². The van der Waals surface area contributed by atoms with Gasteiger partial charge in [0.05, 0.1) is 4.90 Å². The van der Waals surface area contributed by atoms with Crippen LogP contribution >= 0.6 is 0 Å². The molecule has 3 N–H and O–H groups in total. The van der Waals surface area contributed by atoms with Gasteiger partial charge in [-0.2, -0.15) is 4.31 Å². The van der Waals surface area contributed by atoms with Crippen molar-refractivity contribution >= 4 is 27.3 Å². The molecule has 0 aliphatic carbocycles. The average Bonchev–Trinajstić information content (AvgIpc) is 2.64. The molecular weight excluding hydrogens is 362 g/mol. The molecule has 0 aromatic heterocycles. The maximum absolute atomic E-state index is 12.5. The van der Waals surface area contributed by atoms with Gasteiger partial charge in [0.2, 0.25) is 15.9 Å². The number of benzene rings is 2. The molecule has 27 heavy (non-hydrogen) atoms. The highest BCUT2D eigenvalue weighted by atomic mass is 32.2. The Hall–Kier alpha value is -2.38. The lowest BCUT2D eigenvalue weighted by molar-refractivity contribution is -0.116. The second kappa shape index (κ2) is 9.01. The predicted octanol–water partition coefficient (Wildman–Crippen LogP) is 3.18. The van der Waals surface area contributed by atoms with Gasteiger partial charge in [-0.1, -0.05) is 32.0 Å². The number of carbonyl (C=O) groups excluding carboxylic acids is 1. The molecule has 0 aliphatic rings. The second-order valence-electron chi connectivity index (χ2n) is 6.36. The van der Waals surface area contributed by atoms with E-state index in [1.165, 1.54) is 4.31 Å². The molecular formula is C20H27N3O3S. The van der Waals surface area contributed by atoms with Gasteiger partial charge < -0.3 is 11.1 Å². The first-order valence-electron chi connectivity index (χ1n) is 9.03. The highest BCUT2D eigenvalue weighted by Crippen LogP contribution is 2.19. The number of anilines is 2. The minimum absolute atomic E-state index is 0.108. The summed E-state index contributed by atoms with van der Waals surface area (Å²) in [5.41, 5.74) is 8.92. The van der Waals surface area contributed by atoms with Crippen molar-refractivity contribution in [2.75, 3.05) is 24.1 Å². The number of nitrogens with one attached hydrogen (secondary N) is 1. The van der Waals surface area contributed by atoms with Crippen LogP contribution in [0.1, 0.15) is 31.4 Å². The SMILES string of the molecule is CCN(CC)S(=O)(=O)c1ccc(CCC(=O)Nc2cc(N)ccc2C)cc1. The largest absolute Gasteiger partial charge is 0.399 e. The smallest absolute Gasteiger partial charge is 0.243 e. The summed E-state index contributed by atoms with van der Waals surface area (Å²) in [6, 6.07) is 12.1. The van der Waals surface area contributed by atoms with Crippen molar-refractivity contribution in [2.45, 2.75) is 38.5 Å². The van der Waals surface area contributed by atoms with Crippen molar-refractivity contribution in [3.05, 3.63) is 53.6 Å². The number of rotatable bonds is 8. The van der Waals surface area contributed by atoms with Gasteiger partial charge in [0.1, 0.15) is 0 Å². The zero-order valence-electron chi connectivity index (χ0n) is 16.0. The van der Waals surface area contributed by atoms with Crippen LogP contribution in [0.15, 0.2) is 47.4 Å². The minimum Gasteiger partial charge on any atom is -0.399 e. The lowest BCUT2D eigenvalue weighted by Crippen LogP contribution is -2.30. The molecule has 2 aromatic rings. The monoisotopic (exact) mass is 389 g/mol. The maximum Gasteiger partial charge on any atom is 0.243 e. The van der Waals surface area contributed by atoms with E-state index in [0.29, 0.717) is 37.3 Å². The molecule has 146 valence electrons. The highest BCUT2D eigenvalue weighted by Gasteiger charge is 2.21. The Morgan fingerprint density at radius 1 is 1.07 bits per heavy atom. The number of nitrogen functional groups attached to an aromatic ring is 1. The normalized spacial score (nSPS) is 11.6. The Morgan fingerprint density at radius 2 is 1.70 bits per heavy atom. The Bertz CT molecular complexity index is 889. The molecule has 0 fully saturated rings. The summed E-state index contributed by atoms with van der Waals surface area (Å²) in [6.45, 7) is 6.41. The summed E-state index contributed by atoms with van der Waals surface area (Å²) in [4.78, 5) is 12.5. The number of amides is 1. The number of hydrogen-bond acceptors (Lipinski definition) is 4. The molecule has 0 saturated carbocycles. The second-order valence-corrected chi connectivity index (χ2v) is 8.29. The summed E-state index contributed by atoms with van der Waals surface area (Å²) >= 11 is 0. The zero-order valence-corrected chi connectivity index (χ0v) is 16.8. The Morgan fingerprint density at radius 3 is 2.30 bits per heavy atom. The molecule has 2 rings (SSSR count). The summed E-state index contributed by atoms with van der Waals surface area (Å²) in [7, 11) is -3.46. The van der Waals surface area contributed by atoms with E-state index < -0.39 is 10.0 Å². The first kappa shape index (κ1) is 20.9. The van der Waals surface area contributed by atoms with Gasteiger partial charge in [0, 0.05) is 30.9 Å². The third-order valence-electron chi connectivity index (χ3n) is 4.44. The van der Waals surface area contributed by atoms with Crippen LogP contribution in [0.4, 0.5) is 11.4 Å². The lowest BCUT2D eigenvalue weighted by atomic mass is 10.1. The van der Waals surface area contributed by atoms with Crippen molar-refractivity contribution in [1.29, 1.82) is 0 Å². The molecule has 0 spiro atoms. The molecule has 0 unspecified atom stereocenters. The fourth-order valence-electron chi connectivity index (χ4n) is 2.79. The van der Waals surface area contributed by atoms with Crippen LogP contribution < -0.4 is 11.1 Å². The van der Waals surface area contributed by atoms with E-state index >= 15 is 0 Å². The van der Waals surface area contributed by atoms with Crippen LogP contribution in [-0.2, 0) is 21.2 Å². The fraction of sp³-hybridized carbons (Fsp3) is 0.350. The molecule has 7 heteroatoms. The molecule has 0 bridgehead atoms. The molecule has 0 aliphatic heterocycles. The van der Waals surface area contributed by atoms with Gasteiger partial charge in [0.15, 0.2) is 0 Å². The fourth-order valence-corrected chi connectivity index (χ4v) is 4.24. The molecule has 0 radical (unpaired) electrons. The van der Waals surface area contributed by atoms with Crippen molar-refractivity contribution in [3.8, 4) is 0 Å². The predicted molar refractivity (Wildman–Crippen MR) is 109 cm³/mol. The molecule has 1 amide bonds. The molecule has 0 atom stereocenters. The van der Waals surface area contributed by atoms with Gasteiger partial charge in [-0.05, 0) is 48.7 Å². The third kappa shape index (κ3) is 5.30. The Balaban J connectivity index is 1.99. The summed E-state index contributed by atoms with van der Waals surface area (Å²) in [6.07, 6.45) is 0.829. The lowest BCUT2D eigenvalue weighted by Gasteiger charge is -2.18. The highest BCUT2D eigenvalue weighted by molar-refractivity contribution is 7.89. The van der Waals surface area contributed by atoms with Gasteiger partial charge in [-0.15, -0.1) is 0 Å². The minimum atomic E-state index is -3.46. The van der Waals surface area contributed by atoms with E-state index in [1.807, 2.05) is 26.8 Å². The quantitative estimate of drug-likeness (QED) is 0.678. The van der Waals surface area contributed by atoms with Crippen molar-refractivity contribution in [2.24, 2.45) is 0 Å². The van der Waals surface area contributed by atoms with Crippen LogP contribution in [0.25, 0.3) is 0 Å². The van der Waals surface area contributed by atoms with Crippen LogP contribution in [0, 0.1) is 6.92 Å². The molecule has 2 aromatic carbocycles. The van der Waals surface area contributed by atoms with E-state index in [9.17, 15) is 13.2 Å². The van der Waals surface area contributed by atoms with Gasteiger partial charge in [-0.3, -0.25) is 4.79 Å². The summed E-state index contributed by atoms with van der Waals surface area (Å²) < 4.78 is 26.4. The van der Waals surface area contributed by atoms with E-state index in [-0.39, 0.29) is 10.8 Å². The van der Waals surface area contributed by atoms with E-state index in [1.54, 1.807) is 36.4 Å². The molecule has 0 saturated heterocycles. The van der Waals surface area contributed by atoms with Crippen molar-refractivity contribution in [1.82, 2.24) is 4.31 Å². The Kier molecular flexibility index (Phi) is 6.98. The molecule has 6 nitrogen and oxygen atoms in total. The first-order chi connectivity index (χ1) is 12.8. The molecule has 0 heterocycles. The summed E-state index contributed by atoms with van der Waals surface area (Å²) in [5, 5.41) is 2.87. The maximum atomic E-state index is 12.5. The van der Waals surface area contributed by atoms with Crippen LogP contribution in [0.5, 0.6) is 0 Å². The Labute approximate surface area is 161 Å². The van der Waals surface area contributed by atoms with Gasteiger partial charge in [-0.25, -0.2) is 8.42 Å². The topological polar surface area (TPSA) is 92.5 Å². The number of sulfonamides is 1. The van der Waals surface area contributed by atoms with E-state index in [4.69, 9.17) is 5.73 Å². The number of carbonyl (C=O) groups is 1. The first-order valence-corrected chi connectivity index (χ1v) is 10.5. The summed E-state index contributed by atoms with van der Waals surface area (Å²) in [5.74, 6) is -0.108. The number of aryl methyl sites for hydroxylation is 2. The standard InChI is InChI=1S/C20H27N3O3S/c1-4-23(5-2)27(25,26)18-11-7-16(8-12-18)9-13-20(24)22-19-14-17(21)10-6-15(19)3/h6-8,10-12,14H,4-5,9,13,21H2,1-3H3,(H,22,24). The number of hydrogen-bond donors (Lipinski definition) is 2. The van der Waals surface area contributed by atoms with E-state index in [0.717, 1.165) is 11.1 Å². The van der Waals surface area contributed by atoms with Crippen LogP contribution in [-0.4, -0.2) is 31.7 Å².